The molecule has 23 heavy (non-hydrogen) atoms. The Morgan fingerprint density at radius 1 is 1.17 bits per heavy atom. The van der Waals surface area contributed by atoms with E-state index in [0.717, 1.165) is 44.3 Å². The monoisotopic (exact) mass is 343 g/mol. The summed E-state index contributed by atoms with van der Waals surface area (Å²) in [4.78, 5) is 9.78. The molecule has 0 amide bonds. The predicted octanol–water partition coefficient (Wildman–Crippen LogP) is 5.28. The van der Waals surface area contributed by atoms with Crippen molar-refractivity contribution in [3.05, 3.63) is 42.5 Å². The average Bonchev–Trinajstić information content (AvgIpc) is 3.00. The number of fused-ring (bicyclic) bond motifs is 1. The quantitative estimate of drug-likeness (QED) is 0.347. The number of halogens is 1. The molecule has 0 aliphatic carbocycles. The molecule has 0 saturated carbocycles. The molecule has 116 valence electrons. The molecule has 0 unspecified atom stereocenters. The van der Waals surface area contributed by atoms with E-state index in [1.807, 2.05) is 6.07 Å². The van der Waals surface area contributed by atoms with Gasteiger partial charge in [-0.1, -0.05) is 12.1 Å². The minimum atomic E-state index is -0.233. The Bertz CT molecular complexity index is 837. The first-order valence-electron chi connectivity index (χ1n) is 7.28. The van der Waals surface area contributed by atoms with Crippen molar-refractivity contribution in [3.8, 4) is 16.5 Å². The number of unbranched alkanes of at least 4 members (excludes halogenated alkanes) is 2. The van der Waals surface area contributed by atoms with Crippen LogP contribution in [0.5, 0.6) is 0 Å². The number of benzene rings is 1. The zero-order valence-corrected chi connectivity index (χ0v) is 14.0. The molecule has 0 fully saturated rings. The summed E-state index contributed by atoms with van der Waals surface area (Å²) in [5.41, 5.74) is 1.91. The van der Waals surface area contributed by atoms with Gasteiger partial charge in [-0.3, -0.25) is 0 Å². The summed E-state index contributed by atoms with van der Waals surface area (Å²) in [5.74, 6) is 0.709. The zero-order valence-electron chi connectivity index (χ0n) is 12.3. The maximum Gasteiger partial charge on any atom is 0.123 e. The lowest BCUT2D eigenvalue weighted by Crippen LogP contribution is -1.85. The van der Waals surface area contributed by atoms with Gasteiger partial charge in [0.2, 0.25) is 0 Å². The minimum absolute atomic E-state index is 0.233. The molecule has 0 bridgehead atoms. The zero-order chi connectivity index (χ0) is 16.1. The Morgan fingerprint density at radius 2 is 2.00 bits per heavy atom. The summed E-state index contributed by atoms with van der Waals surface area (Å²) < 4.78 is 14.1. The third kappa shape index (κ3) is 3.87. The summed E-state index contributed by atoms with van der Waals surface area (Å²) >= 11 is 3.33. The summed E-state index contributed by atoms with van der Waals surface area (Å²) in [5, 5.41) is 9.53. The van der Waals surface area contributed by atoms with Crippen molar-refractivity contribution in [1.29, 1.82) is 5.26 Å². The fourth-order valence-corrected chi connectivity index (χ4v) is 4.37. The highest BCUT2D eigenvalue weighted by Crippen LogP contribution is 2.37. The van der Waals surface area contributed by atoms with Crippen molar-refractivity contribution < 1.29 is 4.39 Å². The topological polar surface area (TPSA) is 49.6 Å². The maximum atomic E-state index is 13.1. The molecular weight excluding hydrogens is 329 g/mol. The van der Waals surface area contributed by atoms with Gasteiger partial charge in [0.05, 0.1) is 16.3 Å². The van der Waals surface area contributed by atoms with Gasteiger partial charge in [-0.05, 0) is 42.4 Å². The molecule has 0 atom stereocenters. The van der Waals surface area contributed by atoms with Crippen molar-refractivity contribution in [1.82, 2.24) is 9.97 Å². The van der Waals surface area contributed by atoms with Crippen LogP contribution in [-0.2, 0) is 0 Å². The second-order valence-corrected chi connectivity index (χ2v) is 7.11. The molecule has 0 saturated heterocycles. The highest BCUT2D eigenvalue weighted by molar-refractivity contribution is 7.99. The number of thioether (sulfide) groups is 1. The van der Waals surface area contributed by atoms with Crippen LogP contribution in [0.3, 0.4) is 0 Å². The number of thiophene rings is 1. The van der Waals surface area contributed by atoms with E-state index < -0.39 is 0 Å². The molecule has 3 aromatic rings. The molecule has 0 radical (unpaired) electrons. The van der Waals surface area contributed by atoms with Gasteiger partial charge in [-0.2, -0.15) is 5.26 Å². The molecule has 0 aliphatic rings. The van der Waals surface area contributed by atoms with Crippen LogP contribution in [0.4, 0.5) is 4.39 Å². The second-order valence-electron chi connectivity index (χ2n) is 4.97. The molecule has 0 spiro atoms. The lowest BCUT2D eigenvalue weighted by atomic mass is 10.2. The lowest BCUT2D eigenvalue weighted by Gasteiger charge is -2.00. The van der Waals surface area contributed by atoms with E-state index >= 15 is 0 Å². The molecule has 3 rings (SSSR count). The van der Waals surface area contributed by atoms with Crippen molar-refractivity contribution in [2.24, 2.45) is 0 Å². The molecular formula is C17H14FN3S2. The number of hydrogen-bond donors (Lipinski definition) is 0. The van der Waals surface area contributed by atoms with Crippen molar-refractivity contribution in [2.75, 3.05) is 5.75 Å². The largest absolute Gasteiger partial charge is 0.235 e. The number of rotatable bonds is 6. The van der Waals surface area contributed by atoms with E-state index in [2.05, 4.69) is 16.0 Å². The summed E-state index contributed by atoms with van der Waals surface area (Å²) in [6, 6.07) is 10.7. The summed E-state index contributed by atoms with van der Waals surface area (Å²) in [6.45, 7) is 0. The molecule has 3 nitrogen and oxygen atoms in total. The van der Waals surface area contributed by atoms with Crippen LogP contribution in [-0.4, -0.2) is 15.7 Å². The van der Waals surface area contributed by atoms with E-state index in [4.69, 9.17) is 5.26 Å². The van der Waals surface area contributed by atoms with Gasteiger partial charge in [-0.15, -0.1) is 23.1 Å². The normalized spacial score (nSPS) is 10.8. The van der Waals surface area contributed by atoms with Crippen molar-refractivity contribution >= 4 is 33.3 Å². The molecule has 0 N–H and O–H groups in total. The first kappa shape index (κ1) is 15.9. The minimum Gasteiger partial charge on any atom is -0.235 e. The predicted molar refractivity (Wildman–Crippen MR) is 93.0 cm³/mol. The van der Waals surface area contributed by atoms with Gasteiger partial charge in [0, 0.05) is 11.3 Å². The third-order valence-electron chi connectivity index (χ3n) is 3.33. The summed E-state index contributed by atoms with van der Waals surface area (Å²) in [6.07, 6.45) is 4.11. The maximum absolute atomic E-state index is 13.1. The fourth-order valence-electron chi connectivity index (χ4n) is 2.17. The van der Waals surface area contributed by atoms with Crippen LogP contribution in [0.1, 0.15) is 19.3 Å². The van der Waals surface area contributed by atoms with E-state index in [1.165, 1.54) is 12.1 Å². The second kappa shape index (κ2) is 7.53. The molecule has 0 aliphatic heterocycles. The van der Waals surface area contributed by atoms with Gasteiger partial charge < -0.3 is 0 Å². The smallest absolute Gasteiger partial charge is 0.123 e. The highest BCUT2D eigenvalue weighted by atomic mass is 32.2. The molecule has 6 heteroatoms. The Balaban J connectivity index is 1.81. The van der Waals surface area contributed by atoms with Crippen molar-refractivity contribution in [2.45, 2.75) is 24.3 Å². The fraction of sp³-hybridized carbons (Fsp3) is 0.235. The standard InChI is InChI=1S/C17H14FN3S2/c18-13-6-4-12(5-7-13)15-10-14-16(23-15)17(21-11-20-14)22-9-3-1-2-8-19/h4-7,10-11H,1-3,9H2. The van der Waals surface area contributed by atoms with Gasteiger partial charge >= 0.3 is 0 Å². The Labute approximate surface area is 142 Å². The molecule has 2 heterocycles. The van der Waals surface area contributed by atoms with Gasteiger partial charge in [0.25, 0.3) is 0 Å². The Morgan fingerprint density at radius 3 is 2.78 bits per heavy atom. The summed E-state index contributed by atoms with van der Waals surface area (Å²) in [7, 11) is 0. The van der Waals surface area contributed by atoms with E-state index in [-0.39, 0.29) is 5.82 Å². The Hall–Kier alpha value is -1.97. The third-order valence-corrected chi connectivity index (χ3v) is 5.71. The molecule has 2 aromatic heterocycles. The van der Waals surface area contributed by atoms with Crippen LogP contribution in [0.25, 0.3) is 20.7 Å². The molecule has 1 aromatic carbocycles. The van der Waals surface area contributed by atoms with E-state index in [9.17, 15) is 4.39 Å². The first-order valence-corrected chi connectivity index (χ1v) is 9.08. The highest BCUT2D eigenvalue weighted by Gasteiger charge is 2.10. The number of aromatic nitrogens is 2. The van der Waals surface area contributed by atoms with Gasteiger partial charge in [-0.25, -0.2) is 14.4 Å². The van der Waals surface area contributed by atoms with Crippen LogP contribution >= 0.6 is 23.1 Å². The average molecular weight is 343 g/mol. The number of hydrogen-bond acceptors (Lipinski definition) is 5. The number of nitriles is 1. The lowest BCUT2D eigenvalue weighted by molar-refractivity contribution is 0.628. The van der Waals surface area contributed by atoms with E-state index in [0.29, 0.717) is 6.42 Å². The van der Waals surface area contributed by atoms with Gasteiger partial charge in [0.1, 0.15) is 17.2 Å². The van der Waals surface area contributed by atoms with Crippen molar-refractivity contribution in [3.63, 3.8) is 0 Å². The number of nitrogens with zero attached hydrogens (tertiary/aromatic N) is 3. The van der Waals surface area contributed by atoms with Crippen LogP contribution in [0.15, 0.2) is 41.7 Å². The SMILES string of the molecule is N#CCCCCSc1ncnc2cc(-c3ccc(F)cc3)sc12. The van der Waals surface area contributed by atoms with Crippen LogP contribution in [0.2, 0.25) is 0 Å². The Kier molecular flexibility index (Phi) is 5.21. The van der Waals surface area contributed by atoms with Crippen LogP contribution < -0.4 is 0 Å². The first-order chi connectivity index (χ1) is 11.3. The van der Waals surface area contributed by atoms with Gasteiger partial charge in [0.15, 0.2) is 0 Å². The van der Waals surface area contributed by atoms with E-state index in [1.54, 1.807) is 41.6 Å². The van der Waals surface area contributed by atoms with Crippen LogP contribution in [0, 0.1) is 17.1 Å².